The summed E-state index contributed by atoms with van der Waals surface area (Å²) in [6, 6.07) is 5.42. The molecule has 3 N–H and O–H groups in total. The van der Waals surface area contributed by atoms with Crippen LogP contribution in [0.4, 0.5) is 11.4 Å². The monoisotopic (exact) mass is 249 g/mol. The van der Waals surface area contributed by atoms with Crippen LogP contribution in [0.1, 0.15) is 37.0 Å². The van der Waals surface area contributed by atoms with Crippen molar-refractivity contribution in [2.24, 2.45) is 0 Å². The van der Waals surface area contributed by atoms with Crippen molar-refractivity contribution in [3.05, 3.63) is 23.8 Å². The number of nitrogens with two attached hydrogens (primary N) is 1. The second-order valence-corrected chi connectivity index (χ2v) is 4.29. The number of amides is 1. The van der Waals surface area contributed by atoms with Crippen LogP contribution in [0.2, 0.25) is 0 Å². The highest BCUT2D eigenvalue weighted by Gasteiger charge is 2.11. The molecule has 0 aliphatic rings. The first-order chi connectivity index (χ1) is 8.63. The highest BCUT2D eigenvalue weighted by Crippen LogP contribution is 2.25. The minimum atomic E-state index is -0.0807. The molecule has 4 nitrogen and oxygen atoms in total. The van der Waals surface area contributed by atoms with Crippen LogP contribution in [0, 0.1) is 0 Å². The number of rotatable bonds is 6. The van der Waals surface area contributed by atoms with Crippen LogP contribution in [0.25, 0.3) is 0 Å². The summed E-state index contributed by atoms with van der Waals surface area (Å²) in [4.78, 5) is 13.8. The van der Waals surface area contributed by atoms with Crippen LogP contribution >= 0.6 is 0 Å². The van der Waals surface area contributed by atoms with Crippen molar-refractivity contribution >= 4 is 17.3 Å². The molecule has 0 radical (unpaired) electrons. The van der Waals surface area contributed by atoms with Gasteiger partial charge in [-0.1, -0.05) is 13.3 Å². The lowest BCUT2D eigenvalue weighted by atomic mass is 10.1. The smallest absolute Gasteiger partial charge is 0.251 e. The fourth-order valence-corrected chi connectivity index (χ4v) is 1.90. The van der Waals surface area contributed by atoms with E-state index >= 15 is 0 Å². The van der Waals surface area contributed by atoms with Gasteiger partial charge in [0.05, 0.1) is 11.4 Å². The SMILES string of the molecule is CCCCN(CC)c1cc(C(=O)NC)ccc1N. The molecule has 0 fully saturated rings. The van der Waals surface area contributed by atoms with Crippen molar-refractivity contribution in [1.82, 2.24) is 5.32 Å². The molecule has 0 spiro atoms. The summed E-state index contributed by atoms with van der Waals surface area (Å²) >= 11 is 0. The predicted molar refractivity (Wildman–Crippen MR) is 77.0 cm³/mol. The van der Waals surface area contributed by atoms with Crippen LogP contribution in [-0.4, -0.2) is 26.0 Å². The van der Waals surface area contributed by atoms with Gasteiger partial charge in [0.2, 0.25) is 0 Å². The van der Waals surface area contributed by atoms with Crippen molar-refractivity contribution < 1.29 is 4.79 Å². The molecule has 0 aromatic heterocycles. The first kappa shape index (κ1) is 14.4. The summed E-state index contributed by atoms with van der Waals surface area (Å²) < 4.78 is 0. The fourth-order valence-electron chi connectivity index (χ4n) is 1.90. The molecule has 1 amide bonds. The maximum atomic E-state index is 11.6. The summed E-state index contributed by atoms with van der Waals surface area (Å²) in [5, 5.41) is 2.63. The zero-order valence-corrected chi connectivity index (χ0v) is 11.5. The molecule has 0 atom stereocenters. The Morgan fingerprint density at radius 3 is 2.67 bits per heavy atom. The van der Waals surface area contributed by atoms with Gasteiger partial charge in [-0.25, -0.2) is 0 Å². The van der Waals surface area contributed by atoms with Gasteiger partial charge in [-0.05, 0) is 31.5 Å². The van der Waals surface area contributed by atoms with E-state index in [4.69, 9.17) is 5.73 Å². The van der Waals surface area contributed by atoms with Gasteiger partial charge in [0.25, 0.3) is 5.91 Å². The first-order valence-electron chi connectivity index (χ1n) is 6.50. The molecule has 1 aromatic carbocycles. The van der Waals surface area contributed by atoms with Crippen molar-refractivity contribution in [2.75, 3.05) is 30.8 Å². The van der Waals surface area contributed by atoms with Crippen molar-refractivity contribution in [1.29, 1.82) is 0 Å². The standard InChI is InChI=1S/C14H23N3O/c1-4-6-9-17(5-2)13-10-11(14(18)16-3)7-8-12(13)15/h7-8,10H,4-6,9,15H2,1-3H3,(H,16,18). The molecule has 0 saturated carbocycles. The van der Waals surface area contributed by atoms with E-state index in [0.717, 1.165) is 37.3 Å². The Kier molecular flexibility index (Phi) is 5.49. The molecule has 1 aromatic rings. The van der Waals surface area contributed by atoms with Crippen molar-refractivity contribution in [2.45, 2.75) is 26.7 Å². The summed E-state index contributed by atoms with van der Waals surface area (Å²) in [5.41, 5.74) is 8.33. The quantitative estimate of drug-likeness (QED) is 0.760. The van der Waals surface area contributed by atoms with Crippen LogP contribution in [0.5, 0.6) is 0 Å². The van der Waals surface area contributed by atoms with Gasteiger partial charge in [0, 0.05) is 25.7 Å². The molecule has 0 heterocycles. The van der Waals surface area contributed by atoms with E-state index in [1.165, 1.54) is 0 Å². The molecule has 4 heteroatoms. The third-order valence-corrected chi connectivity index (χ3v) is 3.02. The Morgan fingerprint density at radius 2 is 2.11 bits per heavy atom. The molecule has 0 unspecified atom stereocenters. The zero-order chi connectivity index (χ0) is 13.5. The highest BCUT2D eigenvalue weighted by atomic mass is 16.1. The zero-order valence-electron chi connectivity index (χ0n) is 11.5. The number of nitrogen functional groups attached to an aromatic ring is 1. The fraction of sp³-hybridized carbons (Fsp3) is 0.500. The number of unbranched alkanes of at least 4 members (excludes halogenated alkanes) is 1. The van der Waals surface area contributed by atoms with Gasteiger partial charge in [0.1, 0.15) is 0 Å². The van der Waals surface area contributed by atoms with E-state index in [0.29, 0.717) is 5.56 Å². The first-order valence-corrected chi connectivity index (χ1v) is 6.50. The summed E-state index contributed by atoms with van der Waals surface area (Å²) in [7, 11) is 1.63. The van der Waals surface area contributed by atoms with E-state index in [1.54, 1.807) is 19.2 Å². The molecule has 18 heavy (non-hydrogen) atoms. The lowest BCUT2D eigenvalue weighted by Crippen LogP contribution is -2.26. The number of benzene rings is 1. The molecular weight excluding hydrogens is 226 g/mol. The molecule has 0 aliphatic carbocycles. The van der Waals surface area contributed by atoms with E-state index in [2.05, 4.69) is 24.1 Å². The molecule has 0 bridgehead atoms. The average Bonchev–Trinajstić information content (AvgIpc) is 2.40. The Morgan fingerprint density at radius 1 is 1.39 bits per heavy atom. The predicted octanol–water partition coefficient (Wildman–Crippen LogP) is 2.25. The van der Waals surface area contributed by atoms with Crippen molar-refractivity contribution in [3.8, 4) is 0 Å². The van der Waals surface area contributed by atoms with Gasteiger partial charge in [-0.3, -0.25) is 4.79 Å². The van der Waals surface area contributed by atoms with Gasteiger partial charge in [-0.2, -0.15) is 0 Å². The summed E-state index contributed by atoms with van der Waals surface area (Å²) in [6.45, 7) is 6.12. The number of nitrogens with one attached hydrogen (secondary N) is 1. The van der Waals surface area contributed by atoms with Gasteiger partial charge in [-0.15, -0.1) is 0 Å². The number of hydrogen-bond acceptors (Lipinski definition) is 3. The lowest BCUT2D eigenvalue weighted by molar-refractivity contribution is 0.0963. The molecule has 0 aliphatic heterocycles. The minimum absolute atomic E-state index is 0.0807. The van der Waals surface area contributed by atoms with Crippen LogP contribution in [0.3, 0.4) is 0 Å². The Hall–Kier alpha value is -1.71. The number of nitrogens with zero attached hydrogens (tertiary/aromatic N) is 1. The van der Waals surface area contributed by atoms with Gasteiger partial charge in [0.15, 0.2) is 0 Å². The largest absolute Gasteiger partial charge is 0.397 e. The number of hydrogen-bond donors (Lipinski definition) is 2. The van der Waals surface area contributed by atoms with Crippen LogP contribution < -0.4 is 16.0 Å². The van der Waals surface area contributed by atoms with E-state index in [9.17, 15) is 4.79 Å². The van der Waals surface area contributed by atoms with Crippen LogP contribution in [0.15, 0.2) is 18.2 Å². The summed E-state index contributed by atoms with van der Waals surface area (Å²) in [6.07, 6.45) is 2.27. The maximum absolute atomic E-state index is 11.6. The lowest BCUT2D eigenvalue weighted by Gasteiger charge is -2.25. The Labute approximate surface area is 109 Å². The average molecular weight is 249 g/mol. The van der Waals surface area contributed by atoms with E-state index in [1.807, 2.05) is 6.07 Å². The third-order valence-electron chi connectivity index (χ3n) is 3.02. The number of carbonyl (C=O) groups is 1. The molecule has 0 saturated heterocycles. The molecular formula is C14H23N3O. The topological polar surface area (TPSA) is 58.4 Å². The Balaban J connectivity index is 3.00. The number of anilines is 2. The van der Waals surface area contributed by atoms with E-state index < -0.39 is 0 Å². The van der Waals surface area contributed by atoms with E-state index in [-0.39, 0.29) is 5.91 Å². The number of carbonyl (C=O) groups excluding carboxylic acids is 1. The normalized spacial score (nSPS) is 10.2. The Bertz CT molecular complexity index is 404. The maximum Gasteiger partial charge on any atom is 0.251 e. The second-order valence-electron chi connectivity index (χ2n) is 4.29. The highest BCUT2D eigenvalue weighted by molar-refractivity contribution is 5.96. The molecule has 1 rings (SSSR count). The van der Waals surface area contributed by atoms with Crippen molar-refractivity contribution in [3.63, 3.8) is 0 Å². The van der Waals surface area contributed by atoms with Gasteiger partial charge >= 0.3 is 0 Å². The van der Waals surface area contributed by atoms with Crippen LogP contribution in [-0.2, 0) is 0 Å². The third kappa shape index (κ3) is 3.39. The minimum Gasteiger partial charge on any atom is -0.397 e. The summed E-state index contributed by atoms with van der Waals surface area (Å²) in [5.74, 6) is -0.0807. The van der Waals surface area contributed by atoms with Gasteiger partial charge < -0.3 is 16.0 Å². The second kappa shape index (κ2) is 6.89. The molecule has 100 valence electrons.